The summed E-state index contributed by atoms with van der Waals surface area (Å²) in [6, 6.07) is 13.3. The molecule has 3 N–H and O–H groups in total. The molecule has 3 aromatic rings. The maximum Gasteiger partial charge on any atom is 0.174 e. The molecule has 0 saturated heterocycles. The number of para-hydroxylation sites is 2. The molecule has 0 aliphatic rings. The zero-order valence-corrected chi connectivity index (χ0v) is 11.6. The standard InChI is InChI=1S/C15H13ClN4/c1-9-10(16)5-4-8-11(9)19-15-14(17)18-12-6-2-3-7-13(12)20-15/h2-8H,1H3,(H2,17,18)(H,19,20). The van der Waals surface area contributed by atoms with Gasteiger partial charge in [0.1, 0.15) is 0 Å². The number of benzene rings is 2. The van der Waals surface area contributed by atoms with Crippen molar-refractivity contribution in [2.24, 2.45) is 0 Å². The Hall–Kier alpha value is -2.33. The second-order valence-electron chi connectivity index (χ2n) is 4.48. The molecule has 2 aromatic carbocycles. The Morgan fingerprint density at radius 1 is 1.00 bits per heavy atom. The molecule has 0 unspecified atom stereocenters. The van der Waals surface area contributed by atoms with Gasteiger partial charge in [-0.1, -0.05) is 29.8 Å². The third-order valence-corrected chi connectivity index (χ3v) is 3.53. The number of rotatable bonds is 2. The Kier molecular flexibility index (Phi) is 3.16. The molecular weight excluding hydrogens is 272 g/mol. The number of fused-ring (bicyclic) bond motifs is 1. The van der Waals surface area contributed by atoms with E-state index in [0.29, 0.717) is 16.7 Å². The largest absolute Gasteiger partial charge is 0.381 e. The third kappa shape index (κ3) is 2.26. The second kappa shape index (κ2) is 4.98. The molecule has 0 radical (unpaired) electrons. The van der Waals surface area contributed by atoms with Gasteiger partial charge in [-0.05, 0) is 36.8 Å². The molecule has 20 heavy (non-hydrogen) atoms. The van der Waals surface area contributed by atoms with Crippen LogP contribution in [0.4, 0.5) is 17.3 Å². The highest BCUT2D eigenvalue weighted by Crippen LogP contribution is 2.28. The van der Waals surface area contributed by atoms with Crippen LogP contribution in [0.2, 0.25) is 5.02 Å². The zero-order chi connectivity index (χ0) is 14.1. The van der Waals surface area contributed by atoms with Crippen LogP contribution in [-0.2, 0) is 0 Å². The summed E-state index contributed by atoms with van der Waals surface area (Å²) in [7, 11) is 0. The Balaban J connectivity index is 2.06. The number of hydrogen-bond donors (Lipinski definition) is 2. The number of hydrogen-bond acceptors (Lipinski definition) is 4. The Bertz CT molecular complexity index is 786. The van der Waals surface area contributed by atoms with E-state index >= 15 is 0 Å². The fourth-order valence-electron chi connectivity index (χ4n) is 1.98. The molecule has 0 aliphatic heterocycles. The van der Waals surface area contributed by atoms with Gasteiger partial charge in [0, 0.05) is 10.7 Å². The number of anilines is 3. The minimum atomic E-state index is 0.364. The lowest BCUT2D eigenvalue weighted by Gasteiger charge is -2.12. The van der Waals surface area contributed by atoms with Gasteiger partial charge >= 0.3 is 0 Å². The van der Waals surface area contributed by atoms with Crippen LogP contribution in [-0.4, -0.2) is 9.97 Å². The molecule has 0 amide bonds. The summed E-state index contributed by atoms with van der Waals surface area (Å²) in [4.78, 5) is 8.84. The number of nitrogen functional groups attached to an aromatic ring is 1. The summed E-state index contributed by atoms with van der Waals surface area (Å²) in [6.45, 7) is 1.94. The van der Waals surface area contributed by atoms with E-state index in [1.807, 2.05) is 49.4 Å². The van der Waals surface area contributed by atoms with Crippen LogP contribution in [0.3, 0.4) is 0 Å². The van der Waals surface area contributed by atoms with Crippen molar-refractivity contribution in [3.05, 3.63) is 53.1 Å². The number of nitrogens with two attached hydrogens (primary N) is 1. The molecule has 1 heterocycles. The summed E-state index contributed by atoms with van der Waals surface area (Å²) >= 11 is 6.11. The molecule has 3 rings (SSSR count). The summed E-state index contributed by atoms with van der Waals surface area (Å²) in [6.07, 6.45) is 0. The van der Waals surface area contributed by atoms with Crippen molar-refractivity contribution in [2.45, 2.75) is 6.92 Å². The van der Waals surface area contributed by atoms with Crippen molar-refractivity contribution in [3.8, 4) is 0 Å². The van der Waals surface area contributed by atoms with Crippen LogP contribution in [0.15, 0.2) is 42.5 Å². The first-order valence-corrected chi connectivity index (χ1v) is 6.57. The average molecular weight is 285 g/mol. The van der Waals surface area contributed by atoms with Crippen LogP contribution >= 0.6 is 11.6 Å². The van der Waals surface area contributed by atoms with E-state index in [4.69, 9.17) is 17.3 Å². The maximum absolute atomic E-state index is 6.11. The topological polar surface area (TPSA) is 63.8 Å². The van der Waals surface area contributed by atoms with E-state index in [-0.39, 0.29) is 0 Å². The molecule has 0 aliphatic carbocycles. The maximum atomic E-state index is 6.11. The first kappa shape index (κ1) is 12.7. The Morgan fingerprint density at radius 2 is 1.70 bits per heavy atom. The fourth-order valence-corrected chi connectivity index (χ4v) is 2.15. The van der Waals surface area contributed by atoms with Gasteiger partial charge in [-0.15, -0.1) is 0 Å². The van der Waals surface area contributed by atoms with Crippen molar-refractivity contribution >= 4 is 40.0 Å². The van der Waals surface area contributed by atoms with Crippen LogP contribution in [0, 0.1) is 6.92 Å². The van der Waals surface area contributed by atoms with E-state index < -0.39 is 0 Å². The quantitative estimate of drug-likeness (QED) is 0.749. The van der Waals surface area contributed by atoms with Gasteiger partial charge in [-0.25, -0.2) is 9.97 Å². The molecule has 100 valence electrons. The predicted molar refractivity (Wildman–Crippen MR) is 83.4 cm³/mol. The number of halogens is 1. The lowest BCUT2D eigenvalue weighted by molar-refractivity contribution is 1.28. The first-order chi connectivity index (χ1) is 9.65. The Labute approximate surface area is 121 Å². The second-order valence-corrected chi connectivity index (χ2v) is 4.89. The van der Waals surface area contributed by atoms with Crippen LogP contribution in [0.25, 0.3) is 11.0 Å². The predicted octanol–water partition coefficient (Wildman–Crippen LogP) is 3.92. The molecule has 0 atom stereocenters. The molecule has 5 heteroatoms. The molecule has 0 spiro atoms. The van der Waals surface area contributed by atoms with E-state index in [9.17, 15) is 0 Å². The van der Waals surface area contributed by atoms with Crippen molar-refractivity contribution in [1.29, 1.82) is 0 Å². The van der Waals surface area contributed by atoms with E-state index in [2.05, 4.69) is 15.3 Å². The lowest BCUT2D eigenvalue weighted by atomic mass is 10.2. The number of nitrogens with zero attached hydrogens (tertiary/aromatic N) is 2. The van der Waals surface area contributed by atoms with Crippen LogP contribution < -0.4 is 11.1 Å². The fraction of sp³-hybridized carbons (Fsp3) is 0.0667. The summed E-state index contributed by atoms with van der Waals surface area (Å²) in [5.74, 6) is 0.900. The minimum Gasteiger partial charge on any atom is -0.381 e. The SMILES string of the molecule is Cc1c(Cl)cccc1Nc1nc2ccccc2nc1N. The highest BCUT2D eigenvalue weighted by molar-refractivity contribution is 6.31. The summed E-state index contributed by atoms with van der Waals surface area (Å²) < 4.78 is 0. The first-order valence-electron chi connectivity index (χ1n) is 6.19. The normalized spacial score (nSPS) is 10.7. The van der Waals surface area contributed by atoms with Gasteiger partial charge in [-0.2, -0.15) is 0 Å². The van der Waals surface area contributed by atoms with Gasteiger partial charge in [-0.3, -0.25) is 0 Å². The smallest absolute Gasteiger partial charge is 0.174 e. The number of aromatic nitrogens is 2. The van der Waals surface area contributed by atoms with Gasteiger partial charge in [0.25, 0.3) is 0 Å². The van der Waals surface area contributed by atoms with Crippen LogP contribution in [0.5, 0.6) is 0 Å². The van der Waals surface area contributed by atoms with Gasteiger partial charge in [0.05, 0.1) is 11.0 Å². The van der Waals surface area contributed by atoms with E-state index in [1.165, 1.54) is 0 Å². The average Bonchev–Trinajstić information content (AvgIpc) is 2.44. The van der Waals surface area contributed by atoms with E-state index in [1.54, 1.807) is 0 Å². The third-order valence-electron chi connectivity index (χ3n) is 3.12. The highest BCUT2D eigenvalue weighted by Gasteiger charge is 2.08. The van der Waals surface area contributed by atoms with Gasteiger partial charge in [0.15, 0.2) is 11.6 Å². The molecule has 0 saturated carbocycles. The van der Waals surface area contributed by atoms with Crippen LogP contribution in [0.1, 0.15) is 5.56 Å². The minimum absolute atomic E-state index is 0.364. The van der Waals surface area contributed by atoms with Gasteiger partial charge in [0.2, 0.25) is 0 Å². The van der Waals surface area contributed by atoms with E-state index in [0.717, 1.165) is 22.3 Å². The molecule has 0 bridgehead atoms. The zero-order valence-electron chi connectivity index (χ0n) is 10.9. The van der Waals surface area contributed by atoms with Gasteiger partial charge < -0.3 is 11.1 Å². The summed E-state index contributed by atoms with van der Waals surface area (Å²) in [5, 5.41) is 3.89. The van der Waals surface area contributed by atoms with Crippen molar-refractivity contribution in [3.63, 3.8) is 0 Å². The monoisotopic (exact) mass is 284 g/mol. The molecule has 0 fully saturated rings. The van der Waals surface area contributed by atoms with Crippen molar-refractivity contribution in [1.82, 2.24) is 9.97 Å². The van der Waals surface area contributed by atoms with Crippen molar-refractivity contribution < 1.29 is 0 Å². The summed E-state index contributed by atoms with van der Waals surface area (Å²) in [5.41, 5.74) is 9.34. The lowest BCUT2D eigenvalue weighted by Crippen LogP contribution is -2.03. The molecular formula is C15H13ClN4. The Morgan fingerprint density at radius 3 is 2.45 bits per heavy atom. The molecule has 1 aromatic heterocycles. The van der Waals surface area contributed by atoms with Crippen molar-refractivity contribution in [2.75, 3.05) is 11.1 Å². The molecule has 4 nitrogen and oxygen atoms in total. The number of nitrogens with one attached hydrogen (secondary N) is 1. The highest BCUT2D eigenvalue weighted by atomic mass is 35.5.